The Kier molecular flexibility index (Phi) is 8.35. The molecule has 0 radical (unpaired) electrons. The number of carbonyl (C=O) groups excluding carboxylic acids is 2. The van der Waals surface area contributed by atoms with Crippen molar-refractivity contribution in [2.75, 3.05) is 26.7 Å². The predicted octanol–water partition coefficient (Wildman–Crippen LogP) is 1.91. The normalized spacial score (nSPS) is 11.3. The molecule has 2 rings (SSSR count). The first-order chi connectivity index (χ1) is 13.8. The van der Waals surface area contributed by atoms with E-state index in [2.05, 4.69) is 5.32 Å². The van der Waals surface area contributed by atoms with Crippen molar-refractivity contribution in [2.45, 2.75) is 24.7 Å². The molecule has 8 heteroatoms. The molecule has 0 aliphatic heterocycles. The minimum Gasteiger partial charge on any atom is -0.455 e. The molecule has 1 amide bonds. The highest BCUT2D eigenvalue weighted by molar-refractivity contribution is 7.89. The molecule has 0 saturated carbocycles. The molecule has 0 unspecified atom stereocenters. The number of aryl methyl sites for hydroxylation is 2. The SMILES string of the molecule is Cc1ccc(S(=O)(=O)N(C)CC(=O)OCC(=O)NCCCc2ccccc2)cc1. The van der Waals surface area contributed by atoms with E-state index in [0.29, 0.717) is 6.54 Å². The summed E-state index contributed by atoms with van der Waals surface area (Å²) in [5, 5.41) is 2.67. The lowest BCUT2D eigenvalue weighted by Crippen LogP contribution is -2.35. The Balaban J connectivity index is 1.70. The summed E-state index contributed by atoms with van der Waals surface area (Å²) in [5.74, 6) is -1.21. The van der Waals surface area contributed by atoms with Crippen LogP contribution in [0.25, 0.3) is 0 Å². The van der Waals surface area contributed by atoms with Gasteiger partial charge in [0.25, 0.3) is 5.91 Å². The highest BCUT2D eigenvalue weighted by Crippen LogP contribution is 2.14. The zero-order valence-electron chi connectivity index (χ0n) is 16.6. The van der Waals surface area contributed by atoms with E-state index in [0.717, 1.165) is 22.7 Å². The van der Waals surface area contributed by atoms with Gasteiger partial charge in [-0.05, 0) is 37.5 Å². The molecule has 0 heterocycles. The van der Waals surface area contributed by atoms with Crippen molar-refractivity contribution in [3.05, 3.63) is 65.7 Å². The summed E-state index contributed by atoms with van der Waals surface area (Å²) in [5.41, 5.74) is 2.12. The van der Waals surface area contributed by atoms with Gasteiger partial charge in [0, 0.05) is 13.6 Å². The van der Waals surface area contributed by atoms with Crippen molar-refractivity contribution in [3.63, 3.8) is 0 Å². The second kappa shape index (κ2) is 10.7. The molecule has 7 nitrogen and oxygen atoms in total. The lowest BCUT2D eigenvalue weighted by Gasteiger charge is -2.16. The fourth-order valence-electron chi connectivity index (χ4n) is 2.56. The van der Waals surface area contributed by atoms with Crippen LogP contribution in [-0.4, -0.2) is 51.3 Å². The quantitative estimate of drug-likeness (QED) is 0.470. The maximum Gasteiger partial charge on any atom is 0.321 e. The first-order valence-electron chi connectivity index (χ1n) is 9.28. The Bertz CT molecular complexity index is 912. The van der Waals surface area contributed by atoms with Crippen LogP contribution in [0.1, 0.15) is 17.5 Å². The van der Waals surface area contributed by atoms with Crippen molar-refractivity contribution in [1.82, 2.24) is 9.62 Å². The zero-order valence-corrected chi connectivity index (χ0v) is 17.4. The third kappa shape index (κ3) is 7.32. The Hall–Kier alpha value is -2.71. The second-order valence-electron chi connectivity index (χ2n) is 6.67. The summed E-state index contributed by atoms with van der Waals surface area (Å²) in [6, 6.07) is 16.2. The molecule has 1 N–H and O–H groups in total. The van der Waals surface area contributed by atoms with Gasteiger partial charge in [-0.1, -0.05) is 48.0 Å². The topological polar surface area (TPSA) is 92.8 Å². The van der Waals surface area contributed by atoms with Crippen molar-refractivity contribution in [3.8, 4) is 0 Å². The number of sulfonamides is 1. The molecule has 2 aromatic carbocycles. The monoisotopic (exact) mass is 418 g/mol. The molecule has 0 atom stereocenters. The fourth-order valence-corrected chi connectivity index (χ4v) is 3.68. The number of nitrogens with zero attached hydrogens (tertiary/aromatic N) is 1. The van der Waals surface area contributed by atoms with Crippen molar-refractivity contribution in [2.24, 2.45) is 0 Å². The first-order valence-corrected chi connectivity index (χ1v) is 10.7. The molecule has 0 bridgehead atoms. The Labute approximate surface area is 171 Å². The van der Waals surface area contributed by atoms with Gasteiger partial charge in [-0.25, -0.2) is 8.42 Å². The van der Waals surface area contributed by atoms with E-state index in [1.807, 2.05) is 37.3 Å². The number of rotatable bonds is 10. The minimum atomic E-state index is -3.80. The van der Waals surface area contributed by atoms with Crippen LogP contribution in [0, 0.1) is 6.92 Å². The molecular formula is C21H26N2O5S. The Morgan fingerprint density at radius 1 is 1.03 bits per heavy atom. The minimum absolute atomic E-state index is 0.0922. The van der Waals surface area contributed by atoms with Crippen LogP contribution >= 0.6 is 0 Å². The highest BCUT2D eigenvalue weighted by atomic mass is 32.2. The largest absolute Gasteiger partial charge is 0.455 e. The van der Waals surface area contributed by atoms with Crippen LogP contribution in [0.5, 0.6) is 0 Å². The van der Waals surface area contributed by atoms with Gasteiger partial charge in [0.15, 0.2) is 6.61 Å². The molecule has 156 valence electrons. The lowest BCUT2D eigenvalue weighted by molar-refractivity contribution is -0.148. The maximum absolute atomic E-state index is 12.4. The number of benzene rings is 2. The van der Waals surface area contributed by atoms with Crippen LogP contribution in [0.3, 0.4) is 0 Å². The van der Waals surface area contributed by atoms with E-state index in [9.17, 15) is 18.0 Å². The molecule has 0 fully saturated rings. The Morgan fingerprint density at radius 2 is 1.69 bits per heavy atom. The van der Waals surface area contributed by atoms with E-state index in [-0.39, 0.29) is 4.90 Å². The number of likely N-dealkylation sites (N-methyl/N-ethyl adjacent to an activating group) is 1. The number of esters is 1. The molecule has 29 heavy (non-hydrogen) atoms. The standard InChI is InChI=1S/C21H26N2O5S/c1-17-10-12-19(13-11-17)29(26,27)23(2)15-21(25)28-16-20(24)22-14-6-9-18-7-4-3-5-8-18/h3-5,7-8,10-13H,6,9,14-16H2,1-2H3,(H,22,24). The van der Waals surface area contributed by atoms with Crippen LogP contribution in [0.4, 0.5) is 0 Å². The summed E-state index contributed by atoms with van der Waals surface area (Å²) in [7, 11) is -2.51. The number of hydrogen-bond donors (Lipinski definition) is 1. The molecule has 0 aliphatic rings. The summed E-state index contributed by atoms with van der Waals surface area (Å²) < 4.78 is 30.7. The van der Waals surface area contributed by atoms with Crippen LogP contribution in [0.2, 0.25) is 0 Å². The average Bonchev–Trinajstić information content (AvgIpc) is 2.70. The van der Waals surface area contributed by atoms with Gasteiger partial charge in [-0.15, -0.1) is 0 Å². The third-order valence-electron chi connectivity index (χ3n) is 4.25. The number of carbonyl (C=O) groups is 2. The summed E-state index contributed by atoms with van der Waals surface area (Å²) >= 11 is 0. The lowest BCUT2D eigenvalue weighted by atomic mass is 10.1. The molecular weight excluding hydrogens is 392 g/mol. The van der Waals surface area contributed by atoms with Gasteiger partial charge in [0.05, 0.1) is 4.90 Å². The van der Waals surface area contributed by atoms with Crippen LogP contribution in [-0.2, 0) is 30.8 Å². The van der Waals surface area contributed by atoms with Gasteiger partial charge in [-0.2, -0.15) is 4.31 Å². The van der Waals surface area contributed by atoms with E-state index in [1.54, 1.807) is 12.1 Å². The third-order valence-corrected chi connectivity index (χ3v) is 6.07. The van der Waals surface area contributed by atoms with Gasteiger partial charge in [0.2, 0.25) is 10.0 Å². The van der Waals surface area contributed by atoms with Gasteiger partial charge >= 0.3 is 5.97 Å². The first kappa shape index (κ1) is 22.6. The van der Waals surface area contributed by atoms with Crippen molar-refractivity contribution in [1.29, 1.82) is 0 Å². The smallest absolute Gasteiger partial charge is 0.321 e. The number of hydrogen-bond acceptors (Lipinski definition) is 5. The van der Waals surface area contributed by atoms with E-state index < -0.39 is 35.1 Å². The summed E-state index contributed by atoms with van der Waals surface area (Å²) in [4.78, 5) is 23.8. The predicted molar refractivity (Wildman–Crippen MR) is 110 cm³/mol. The number of ether oxygens (including phenoxy) is 1. The maximum atomic E-state index is 12.4. The zero-order chi connectivity index (χ0) is 21.3. The molecule has 0 saturated heterocycles. The molecule has 0 spiro atoms. The molecule has 0 aliphatic carbocycles. The van der Waals surface area contributed by atoms with Crippen LogP contribution < -0.4 is 5.32 Å². The molecule has 0 aromatic heterocycles. The van der Waals surface area contributed by atoms with E-state index >= 15 is 0 Å². The van der Waals surface area contributed by atoms with Gasteiger partial charge in [-0.3, -0.25) is 9.59 Å². The molecule has 2 aromatic rings. The van der Waals surface area contributed by atoms with E-state index in [4.69, 9.17) is 4.74 Å². The number of nitrogens with one attached hydrogen (secondary N) is 1. The van der Waals surface area contributed by atoms with E-state index in [1.165, 1.54) is 24.7 Å². The van der Waals surface area contributed by atoms with Gasteiger partial charge in [0.1, 0.15) is 6.54 Å². The summed E-state index contributed by atoms with van der Waals surface area (Å²) in [6.45, 7) is 1.40. The summed E-state index contributed by atoms with van der Waals surface area (Å²) in [6.07, 6.45) is 1.60. The van der Waals surface area contributed by atoms with Crippen molar-refractivity contribution >= 4 is 21.9 Å². The van der Waals surface area contributed by atoms with Gasteiger partial charge < -0.3 is 10.1 Å². The highest BCUT2D eigenvalue weighted by Gasteiger charge is 2.23. The van der Waals surface area contributed by atoms with Crippen molar-refractivity contribution < 1.29 is 22.7 Å². The van der Waals surface area contributed by atoms with Crippen LogP contribution in [0.15, 0.2) is 59.5 Å². The Morgan fingerprint density at radius 3 is 2.34 bits per heavy atom. The second-order valence-corrected chi connectivity index (χ2v) is 8.72. The average molecular weight is 419 g/mol. The fraction of sp³-hybridized carbons (Fsp3) is 0.333. The number of amides is 1.